The molecule has 4 heteroatoms. The predicted octanol–water partition coefficient (Wildman–Crippen LogP) is 3.27. The van der Waals surface area contributed by atoms with Gasteiger partial charge in [0.25, 0.3) is 0 Å². The van der Waals surface area contributed by atoms with Gasteiger partial charge >= 0.3 is 0 Å². The van der Waals surface area contributed by atoms with Crippen molar-refractivity contribution < 1.29 is 4.21 Å². The van der Waals surface area contributed by atoms with Crippen LogP contribution in [0.5, 0.6) is 0 Å². The first-order valence-electron chi connectivity index (χ1n) is 6.19. The van der Waals surface area contributed by atoms with Crippen molar-refractivity contribution in [3.63, 3.8) is 0 Å². The highest BCUT2D eigenvalue weighted by Crippen LogP contribution is 2.40. The number of nitrogen functional groups attached to an aromatic ring is 1. The average Bonchev–Trinajstić information content (AvgIpc) is 2.82. The third kappa shape index (κ3) is 2.69. The molecule has 2 aromatic carbocycles. The number of thioether (sulfide) groups is 1. The lowest BCUT2D eigenvalue weighted by molar-refractivity contribution is 0.678. The van der Waals surface area contributed by atoms with Gasteiger partial charge in [-0.15, -0.1) is 11.8 Å². The normalized spacial score (nSPS) is 19.1. The van der Waals surface area contributed by atoms with Crippen molar-refractivity contribution in [1.82, 2.24) is 0 Å². The van der Waals surface area contributed by atoms with E-state index in [0.717, 1.165) is 10.6 Å². The van der Waals surface area contributed by atoms with Gasteiger partial charge in [-0.2, -0.15) is 0 Å². The van der Waals surface area contributed by atoms with Gasteiger partial charge in [-0.05, 0) is 29.8 Å². The van der Waals surface area contributed by atoms with Crippen LogP contribution < -0.4 is 5.73 Å². The molecule has 3 rings (SSSR count). The third-order valence-electron chi connectivity index (χ3n) is 3.27. The maximum absolute atomic E-state index is 12.4. The highest BCUT2D eigenvalue weighted by Gasteiger charge is 2.24. The molecule has 1 aliphatic rings. The average molecular weight is 289 g/mol. The van der Waals surface area contributed by atoms with Crippen LogP contribution in [0.1, 0.15) is 11.5 Å². The number of benzene rings is 2. The summed E-state index contributed by atoms with van der Waals surface area (Å²) in [5.41, 5.74) is 7.75. The largest absolute Gasteiger partial charge is 0.399 e. The maximum atomic E-state index is 12.4. The molecule has 2 nitrogen and oxygen atoms in total. The molecule has 0 aliphatic carbocycles. The number of nitrogens with two attached hydrogens (primary N) is 1. The molecule has 1 heterocycles. The molecule has 2 N–H and O–H groups in total. The predicted molar refractivity (Wildman–Crippen MR) is 82.0 cm³/mol. The Balaban J connectivity index is 1.78. The van der Waals surface area contributed by atoms with E-state index in [1.165, 1.54) is 10.5 Å². The summed E-state index contributed by atoms with van der Waals surface area (Å²) in [4.78, 5) is 2.16. The first-order chi connectivity index (χ1) is 9.24. The van der Waals surface area contributed by atoms with Crippen LogP contribution in [0, 0.1) is 0 Å². The minimum Gasteiger partial charge on any atom is -0.399 e. The molecule has 1 aliphatic heterocycles. The van der Waals surface area contributed by atoms with Crippen molar-refractivity contribution >= 4 is 28.2 Å². The van der Waals surface area contributed by atoms with Crippen LogP contribution in [0.25, 0.3) is 0 Å². The molecule has 2 atom stereocenters. The van der Waals surface area contributed by atoms with E-state index in [0.29, 0.717) is 17.4 Å². The minimum absolute atomic E-state index is 0.378. The van der Waals surface area contributed by atoms with Crippen molar-refractivity contribution in [3.05, 3.63) is 54.1 Å². The Bertz CT molecular complexity index is 627. The molecule has 98 valence electrons. The Morgan fingerprint density at radius 2 is 2.05 bits per heavy atom. The summed E-state index contributed by atoms with van der Waals surface area (Å²) < 4.78 is 12.4. The summed E-state index contributed by atoms with van der Waals surface area (Å²) in [6.45, 7) is 0. The Labute approximate surface area is 119 Å². The van der Waals surface area contributed by atoms with Gasteiger partial charge in [-0.25, -0.2) is 0 Å². The zero-order valence-corrected chi connectivity index (χ0v) is 12.0. The third-order valence-corrected chi connectivity index (χ3v) is 6.01. The molecule has 0 amide bonds. The van der Waals surface area contributed by atoms with Crippen molar-refractivity contribution in [1.29, 1.82) is 0 Å². The van der Waals surface area contributed by atoms with Gasteiger partial charge in [0.1, 0.15) is 0 Å². The fraction of sp³-hybridized carbons (Fsp3) is 0.200. The summed E-state index contributed by atoms with van der Waals surface area (Å²) in [5.74, 6) is 2.07. The van der Waals surface area contributed by atoms with E-state index < -0.39 is 10.8 Å². The lowest BCUT2D eigenvalue weighted by atomic mass is 10.0. The lowest BCUT2D eigenvalue weighted by Gasteiger charge is -2.10. The molecule has 0 bridgehead atoms. The molecule has 2 unspecified atom stereocenters. The fourth-order valence-electron chi connectivity index (χ4n) is 2.30. The monoisotopic (exact) mass is 289 g/mol. The highest BCUT2D eigenvalue weighted by molar-refractivity contribution is 7.99. The quantitative estimate of drug-likeness (QED) is 0.882. The van der Waals surface area contributed by atoms with Crippen LogP contribution in [-0.4, -0.2) is 15.7 Å². The van der Waals surface area contributed by atoms with Crippen LogP contribution >= 0.6 is 11.8 Å². The van der Waals surface area contributed by atoms with Gasteiger partial charge in [0, 0.05) is 32.9 Å². The van der Waals surface area contributed by atoms with Crippen molar-refractivity contribution in [2.24, 2.45) is 0 Å². The summed E-state index contributed by atoms with van der Waals surface area (Å²) in [6.07, 6.45) is 0. The summed E-state index contributed by atoms with van der Waals surface area (Å²) >= 11 is 1.86. The van der Waals surface area contributed by atoms with Gasteiger partial charge in [0.2, 0.25) is 0 Å². The Morgan fingerprint density at radius 1 is 1.21 bits per heavy atom. The number of hydrogen-bond acceptors (Lipinski definition) is 3. The number of hydrogen-bond donors (Lipinski definition) is 1. The van der Waals surface area contributed by atoms with E-state index in [1.807, 2.05) is 36.0 Å². The summed E-state index contributed by atoms with van der Waals surface area (Å²) in [6, 6.07) is 15.8. The van der Waals surface area contributed by atoms with E-state index >= 15 is 0 Å². The number of anilines is 1. The highest BCUT2D eigenvalue weighted by atomic mass is 32.2. The molecule has 0 saturated carbocycles. The van der Waals surface area contributed by atoms with E-state index in [4.69, 9.17) is 5.73 Å². The standard InChI is InChI=1S/C15H15NOS2/c16-12-4-3-5-13(8-12)19(17)10-11-9-18-15-7-2-1-6-14(11)15/h1-8,11H,9-10,16H2. The van der Waals surface area contributed by atoms with Crippen LogP contribution in [0.3, 0.4) is 0 Å². The van der Waals surface area contributed by atoms with E-state index in [1.54, 1.807) is 0 Å². The molecule has 0 radical (unpaired) electrons. The Hall–Kier alpha value is -1.26. The van der Waals surface area contributed by atoms with Gasteiger partial charge in [-0.3, -0.25) is 4.21 Å². The molecule has 0 saturated heterocycles. The Morgan fingerprint density at radius 3 is 2.89 bits per heavy atom. The molecule has 19 heavy (non-hydrogen) atoms. The SMILES string of the molecule is Nc1cccc(S(=O)CC2CSc3ccccc32)c1. The Kier molecular flexibility index (Phi) is 3.62. The van der Waals surface area contributed by atoms with Gasteiger partial charge in [0.05, 0.1) is 10.8 Å². The van der Waals surface area contributed by atoms with Crippen LogP contribution in [-0.2, 0) is 10.8 Å². The molecule has 0 spiro atoms. The summed E-state index contributed by atoms with van der Waals surface area (Å²) in [7, 11) is -0.984. The maximum Gasteiger partial charge on any atom is 0.0536 e. The van der Waals surface area contributed by atoms with Crippen LogP contribution in [0.4, 0.5) is 5.69 Å². The second-order valence-corrected chi connectivity index (χ2v) is 7.19. The zero-order valence-electron chi connectivity index (χ0n) is 10.4. The van der Waals surface area contributed by atoms with E-state index in [9.17, 15) is 4.21 Å². The fourth-order valence-corrected chi connectivity index (χ4v) is 5.06. The number of rotatable bonds is 3. The topological polar surface area (TPSA) is 43.1 Å². The van der Waals surface area contributed by atoms with Crippen LogP contribution in [0.2, 0.25) is 0 Å². The van der Waals surface area contributed by atoms with E-state index in [2.05, 4.69) is 24.3 Å². The van der Waals surface area contributed by atoms with Gasteiger partial charge in [-0.1, -0.05) is 24.3 Å². The van der Waals surface area contributed by atoms with Gasteiger partial charge in [0.15, 0.2) is 0 Å². The molecule has 0 aromatic heterocycles. The van der Waals surface area contributed by atoms with Crippen molar-refractivity contribution in [3.8, 4) is 0 Å². The van der Waals surface area contributed by atoms with Gasteiger partial charge < -0.3 is 5.73 Å². The number of fused-ring (bicyclic) bond motifs is 1. The molecular weight excluding hydrogens is 274 g/mol. The molecule has 0 fully saturated rings. The van der Waals surface area contributed by atoms with Crippen molar-refractivity contribution in [2.75, 3.05) is 17.2 Å². The zero-order chi connectivity index (χ0) is 13.2. The minimum atomic E-state index is -0.984. The first-order valence-corrected chi connectivity index (χ1v) is 8.50. The van der Waals surface area contributed by atoms with Crippen LogP contribution in [0.15, 0.2) is 58.3 Å². The second-order valence-electron chi connectivity index (χ2n) is 4.63. The first kappa shape index (κ1) is 12.8. The second kappa shape index (κ2) is 5.39. The van der Waals surface area contributed by atoms with Crippen molar-refractivity contribution in [2.45, 2.75) is 15.7 Å². The lowest BCUT2D eigenvalue weighted by Crippen LogP contribution is -2.09. The molecular formula is C15H15NOS2. The smallest absolute Gasteiger partial charge is 0.0536 e. The summed E-state index contributed by atoms with van der Waals surface area (Å²) in [5, 5.41) is 0. The molecule has 2 aromatic rings. The van der Waals surface area contributed by atoms with E-state index in [-0.39, 0.29) is 0 Å².